The molecule has 164 valence electrons. The van der Waals surface area contributed by atoms with Crippen LogP contribution in [-0.2, 0) is 9.59 Å². The van der Waals surface area contributed by atoms with Crippen molar-refractivity contribution in [3.05, 3.63) is 95.6 Å². The molecule has 2 atom stereocenters. The van der Waals surface area contributed by atoms with E-state index in [4.69, 9.17) is 0 Å². The SMILES string of the molecule is CC(C(=O)Nc1ccc(NC(=O)[C@@H]([NH3+])CS)cc1C(=O)c1ccccc1)c1ccccc1. The van der Waals surface area contributed by atoms with E-state index in [1.54, 1.807) is 42.5 Å². The summed E-state index contributed by atoms with van der Waals surface area (Å²) in [4.78, 5) is 38.4. The van der Waals surface area contributed by atoms with Gasteiger partial charge in [-0.05, 0) is 30.7 Å². The van der Waals surface area contributed by atoms with Gasteiger partial charge < -0.3 is 16.4 Å². The molecule has 0 aromatic heterocycles. The molecule has 0 aliphatic rings. The fourth-order valence-corrected chi connectivity index (χ4v) is 3.29. The maximum Gasteiger partial charge on any atom is 0.283 e. The van der Waals surface area contributed by atoms with Crippen molar-refractivity contribution >= 4 is 41.6 Å². The summed E-state index contributed by atoms with van der Waals surface area (Å²) in [5, 5.41) is 5.63. The van der Waals surface area contributed by atoms with E-state index in [0.29, 0.717) is 22.7 Å². The molecule has 0 spiro atoms. The minimum absolute atomic E-state index is 0.233. The molecular weight excluding hydrogens is 422 g/mol. The van der Waals surface area contributed by atoms with Gasteiger partial charge in [-0.15, -0.1) is 0 Å². The van der Waals surface area contributed by atoms with Gasteiger partial charge in [0.2, 0.25) is 5.91 Å². The number of rotatable bonds is 8. The van der Waals surface area contributed by atoms with Crippen LogP contribution >= 0.6 is 12.6 Å². The first-order valence-electron chi connectivity index (χ1n) is 10.2. The predicted octanol–water partition coefficient (Wildman–Crippen LogP) is 3.14. The summed E-state index contributed by atoms with van der Waals surface area (Å²) >= 11 is 4.10. The zero-order chi connectivity index (χ0) is 23.1. The summed E-state index contributed by atoms with van der Waals surface area (Å²) in [5.74, 6) is -0.898. The number of hydrogen-bond acceptors (Lipinski definition) is 4. The lowest BCUT2D eigenvalue weighted by Crippen LogP contribution is -2.67. The Balaban J connectivity index is 1.92. The van der Waals surface area contributed by atoms with Gasteiger partial charge >= 0.3 is 0 Å². The van der Waals surface area contributed by atoms with Crippen LogP contribution in [0.3, 0.4) is 0 Å². The molecule has 0 radical (unpaired) electrons. The van der Waals surface area contributed by atoms with Crippen LogP contribution < -0.4 is 16.4 Å². The van der Waals surface area contributed by atoms with Gasteiger partial charge in [-0.2, -0.15) is 12.6 Å². The first-order valence-corrected chi connectivity index (χ1v) is 10.9. The number of quaternary nitrogens is 1. The van der Waals surface area contributed by atoms with Gasteiger partial charge in [0.15, 0.2) is 11.8 Å². The van der Waals surface area contributed by atoms with Crippen molar-refractivity contribution in [3.8, 4) is 0 Å². The average Bonchev–Trinajstić information content (AvgIpc) is 2.84. The second-order valence-electron chi connectivity index (χ2n) is 7.45. The third kappa shape index (κ3) is 5.63. The van der Waals surface area contributed by atoms with E-state index in [1.165, 1.54) is 0 Å². The highest BCUT2D eigenvalue weighted by atomic mass is 32.1. The third-order valence-corrected chi connectivity index (χ3v) is 5.55. The van der Waals surface area contributed by atoms with Crippen LogP contribution in [-0.4, -0.2) is 29.4 Å². The van der Waals surface area contributed by atoms with Crippen LogP contribution in [0.2, 0.25) is 0 Å². The lowest BCUT2D eigenvalue weighted by Gasteiger charge is -2.16. The van der Waals surface area contributed by atoms with E-state index in [1.807, 2.05) is 43.3 Å². The molecule has 0 saturated carbocycles. The Morgan fingerprint density at radius 1 is 0.875 bits per heavy atom. The highest BCUT2D eigenvalue weighted by Gasteiger charge is 2.21. The molecule has 0 saturated heterocycles. The van der Waals surface area contributed by atoms with Crippen molar-refractivity contribution in [2.24, 2.45) is 0 Å². The highest BCUT2D eigenvalue weighted by molar-refractivity contribution is 7.80. The number of anilines is 2. The van der Waals surface area contributed by atoms with E-state index in [2.05, 4.69) is 29.0 Å². The van der Waals surface area contributed by atoms with Crippen molar-refractivity contribution in [3.63, 3.8) is 0 Å². The number of hydrogen-bond donors (Lipinski definition) is 4. The standard InChI is InChI=1S/C25H25N3O3S/c1-16(17-8-4-2-5-9-17)24(30)28-22-13-12-19(27-25(31)21(26)15-32)14-20(22)23(29)18-10-6-3-7-11-18/h2-14,16,21,32H,15,26H2,1H3,(H,27,31)(H,28,30)/p+1/t16?,21-/m0/s1. The second kappa shape index (κ2) is 10.7. The number of amides is 2. The van der Waals surface area contributed by atoms with Gasteiger partial charge in [0.05, 0.1) is 17.4 Å². The van der Waals surface area contributed by atoms with Crippen LogP contribution in [0.25, 0.3) is 0 Å². The highest BCUT2D eigenvalue weighted by Crippen LogP contribution is 2.26. The minimum atomic E-state index is -0.530. The Morgan fingerprint density at radius 3 is 2.12 bits per heavy atom. The minimum Gasteiger partial charge on any atom is -0.347 e. The molecular formula is C25H26N3O3S+. The number of carbonyl (C=O) groups is 3. The van der Waals surface area contributed by atoms with Gasteiger partial charge in [-0.3, -0.25) is 14.4 Å². The Hall–Kier alpha value is -3.42. The summed E-state index contributed by atoms with van der Waals surface area (Å²) in [5.41, 5.74) is 6.21. The van der Waals surface area contributed by atoms with Crippen molar-refractivity contribution in [2.75, 3.05) is 16.4 Å². The molecule has 3 aromatic rings. The monoisotopic (exact) mass is 448 g/mol. The molecule has 5 N–H and O–H groups in total. The largest absolute Gasteiger partial charge is 0.347 e. The number of thiol groups is 1. The van der Waals surface area contributed by atoms with Crippen molar-refractivity contribution in [1.82, 2.24) is 0 Å². The van der Waals surface area contributed by atoms with Crippen LogP contribution in [0.4, 0.5) is 11.4 Å². The fraction of sp³-hybridized carbons (Fsp3) is 0.160. The molecule has 0 aliphatic heterocycles. The predicted molar refractivity (Wildman–Crippen MR) is 129 cm³/mol. The van der Waals surface area contributed by atoms with E-state index in [0.717, 1.165) is 5.56 Å². The molecule has 6 nitrogen and oxygen atoms in total. The number of carbonyl (C=O) groups excluding carboxylic acids is 3. The van der Waals surface area contributed by atoms with E-state index >= 15 is 0 Å². The number of ketones is 1. The molecule has 0 bridgehead atoms. The molecule has 3 aromatic carbocycles. The molecule has 0 fully saturated rings. The molecule has 3 rings (SSSR count). The fourth-order valence-electron chi connectivity index (χ4n) is 3.13. The normalized spacial score (nSPS) is 12.5. The molecule has 32 heavy (non-hydrogen) atoms. The zero-order valence-corrected chi connectivity index (χ0v) is 18.6. The topological polar surface area (TPSA) is 103 Å². The Bertz CT molecular complexity index is 1100. The van der Waals surface area contributed by atoms with Crippen molar-refractivity contribution in [1.29, 1.82) is 0 Å². The summed E-state index contributed by atoms with van der Waals surface area (Å²) in [6, 6.07) is 22.5. The first kappa shape index (κ1) is 23.2. The van der Waals surface area contributed by atoms with Gasteiger partial charge in [-0.25, -0.2) is 0 Å². The molecule has 1 unspecified atom stereocenters. The zero-order valence-electron chi connectivity index (χ0n) is 17.7. The quantitative estimate of drug-likeness (QED) is 0.314. The Morgan fingerprint density at radius 2 is 1.50 bits per heavy atom. The summed E-state index contributed by atoms with van der Waals surface area (Å²) in [6.45, 7) is 1.81. The Labute approximate surface area is 192 Å². The second-order valence-corrected chi connectivity index (χ2v) is 7.81. The first-order chi connectivity index (χ1) is 15.4. The number of benzene rings is 3. The lowest BCUT2D eigenvalue weighted by molar-refractivity contribution is -0.395. The van der Waals surface area contributed by atoms with Crippen LogP contribution in [0.15, 0.2) is 78.9 Å². The molecule has 0 aliphatic carbocycles. The van der Waals surface area contributed by atoms with Gasteiger partial charge in [0, 0.05) is 16.8 Å². The molecule has 2 amide bonds. The van der Waals surface area contributed by atoms with Gasteiger partial charge in [0.25, 0.3) is 5.91 Å². The van der Waals surface area contributed by atoms with Crippen molar-refractivity contribution in [2.45, 2.75) is 18.9 Å². The average molecular weight is 449 g/mol. The maximum atomic E-state index is 13.2. The van der Waals surface area contributed by atoms with E-state index < -0.39 is 12.0 Å². The van der Waals surface area contributed by atoms with E-state index in [-0.39, 0.29) is 23.2 Å². The van der Waals surface area contributed by atoms with Crippen LogP contribution in [0.1, 0.15) is 34.3 Å². The molecule has 7 heteroatoms. The maximum absolute atomic E-state index is 13.2. The smallest absolute Gasteiger partial charge is 0.283 e. The lowest BCUT2D eigenvalue weighted by atomic mass is 9.98. The summed E-state index contributed by atoms with van der Waals surface area (Å²) in [6.07, 6.45) is 0. The Kier molecular flexibility index (Phi) is 7.81. The van der Waals surface area contributed by atoms with Crippen LogP contribution in [0.5, 0.6) is 0 Å². The summed E-state index contributed by atoms with van der Waals surface area (Å²) < 4.78 is 0. The van der Waals surface area contributed by atoms with Gasteiger partial charge in [0.1, 0.15) is 0 Å². The third-order valence-electron chi connectivity index (χ3n) is 5.11. The van der Waals surface area contributed by atoms with Crippen LogP contribution in [0, 0.1) is 0 Å². The number of nitrogens with one attached hydrogen (secondary N) is 2. The van der Waals surface area contributed by atoms with Crippen molar-refractivity contribution < 1.29 is 20.1 Å². The molecule has 0 heterocycles. The van der Waals surface area contributed by atoms with E-state index in [9.17, 15) is 14.4 Å². The van der Waals surface area contributed by atoms with Gasteiger partial charge in [-0.1, -0.05) is 60.7 Å². The summed E-state index contributed by atoms with van der Waals surface area (Å²) in [7, 11) is 0.